The lowest BCUT2D eigenvalue weighted by atomic mass is 9.97. The van der Waals surface area contributed by atoms with Crippen molar-refractivity contribution in [1.82, 2.24) is 4.90 Å². The number of carbonyl (C=O) groups is 1. The van der Waals surface area contributed by atoms with Gasteiger partial charge in [0.05, 0.1) is 4.92 Å². The van der Waals surface area contributed by atoms with Crippen LogP contribution in [0.2, 0.25) is 0 Å². The molecule has 0 aromatic heterocycles. The molecule has 2 aromatic carbocycles. The molecule has 0 atom stereocenters. The van der Waals surface area contributed by atoms with E-state index in [1.807, 2.05) is 24.3 Å². The molecule has 22 heavy (non-hydrogen) atoms. The van der Waals surface area contributed by atoms with Crippen LogP contribution in [0.3, 0.4) is 0 Å². The largest absolute Gasteiger partial charge is 0.334 e. The number of nitro benzene ring substituents is 1. The average molecular weight is 408 g/mol. The first-order chi connectivity index (χ1) is 10.6. The Bertz CT molecular complexity index is 747. The summed E-state index contributed by atoms with van der Waals surface area (Å²) in [4.78, 5) is 25.1. The van der Waals surface area contributed by atoms with Crippen molar-refractivity contribution in [3.05, 3.63) is 72.8 Å². The topological polar surface area (TPSA) is 63.5 Å². The Morgan fingerprint density at radius 2 is 1.95 bits per heavy atom. The molecule has 0 N–H and O–H groups in total. The molecular weight excluding hydrogens is 395 g/mol. The highest BCUT2D eigenvalue weighted by molar-refractivity contribution is 14.1. The number of amides is 1. The molecule has 112 valence electrons. The van der Waals surface area contributed by atoms with E-state index in [-0.39, 0.29) is 16.5 Å². The highest BCUT2D eigenvalue weighted by atomic mass is 127. The predicted octanol–water partition coefficient (Wildman–Crippen LogP) is 3.40. The third kappa shape index (κ3) is 2.83. The van der Waals surface area contributed by atoms with Crippen LogP contribution in [0, 0.1) is 13.7 Å². The van der Waals surface area contributed by atoms with Crippen LogP contribution in [-0.2, 0) is 13.0 Å². The Hall–Kier alpha value is -1.96. The van der Waals surface area contributed by atoms with E-state index >= 15 is 0 Å². The van der Waals surface area contributed by atoms with Gasteiger partial charge in [-0.2, -0.15) is 0 Å². The molecule has 1 amide bonds. The fraction of sp³-hybridized carbons (Fsp3) is 0.188. The molecule has 0 saturated carbocycles. The normalized spacial score (nSPS) is 13.6. The minimum absolute atomic E-state index is 0.0345. The summed E-state index contributed by atoms with van der Waals surface area (Å²) in [6, 6.07) is 12.6. The minimum Gasteiger partial charge on any atom is -0.334 e. The Balaban J connectivity index is 1.91. The lowest BCUT2D eigenvalue weighted by Gasteiger charge is -2.29. The van der Waals surface area contributed by atoms with Crippen LogP contribution in [0.15, 0.2) is 42.5 Å². The lowest BCUT2D eigenvalue weighted by molar-refractivity contribution is -0.385. The van der Waals surface area contributed by atoms with Crippen molar-refractivity contribution in [2.24, 2.45) is 0 Å². The van der Waals surface area contributed by atoms with Crippen LogP contribution in [0.4, 0.5) is 5.69 Å². The highest BCUT2D eigenvalue weighted by Crippen LogP contribution is 2.30. The summed E-state index contributed by atoms with van der Waals surface area (Å²) in [5.74, 6) is -0.0345. The van der Waals surface area contributed by atoms with Crippen LogP contribution in [0.5, 0.6) is 0 Å². The van der Waals surface area contributed by atoms with Crippen molar-refractivity contribution in [2.45, 2.75) is 13.0 Å². The lowest BCUT2D eigenvalue weighted by Crippen LogP contribution is -2.36. The summed E-state index contributed by atoms with van der Waals surface area (Å²) in [5, 5.41) is 11.2. The van der Waals surface area contributed by atoms with E-state index in [2.05, 4.69) is 22.6 Å². The van der Waals surface area contributed by atoms with Gasteiger partial charge in [0.1, 0.15) is 0 Å². The Kier molecular flexibility index (Phi) is 4.10. The maximum atomic E-state index is 12.5. The first-order valence-electron chi connectivity index (χ1n) is 6.86. The van der Waals surface area contributed by atoms with Gasteiger partial charge >= 0.3 is 0 Å². The number of benzene rings is 2. The molecule has 5 nitrogen and oxygen atoms in total. The number of nitrogens with zero attached hydrogens (tertiary/aromatic N) is 2. The van der Waals surface area contributed by atoms with Crippen molar-refractivity contribution in [2.75, 3.05) is 6.54 Å². The molecule has 3 rings (SSSR count). The number of halogens is 1. The van der Waals surface area contributed by atoms with E-state index in [0.29, 0.717) is 25.1 Å². The predicted molar refractivity (Wildman–Crippen MR) is 90.7 cm³/mol. The SMILES string of the molecule is O=C(c1ccccc1)N1CCc2c(cc(I)cc2[N+](=O)[O-])C1. The van der Waals surface area contributed by atoms with Crippen molar-refractivity contribution in [1.29, 1.82) is 0 Å². The van der Waals surface area contributed by atoms with Gasteiger partial charge < -0.3 is 4.90 Å². The van der Waals surface area contributed by atoms with E-state index in [9.17, 15) is 14.9 Å². The second-order valence-corrected chi connectivity index (χ2v) is 6.41. The monoisotopic (exact) mass is 408 g/mol. The van der Waals surface area contributed by atoms with Crippen molar-refractivity contribution in [3.8, 4) is 0 Å². The van der Waals surface area contributed by atoms with Crippen LogP contribution in [-0.4, -0.2) is 22.3 Å². The highest BCUT2D eigenvalue weighted by Gasteiger charge is 2.27. The first kappa shape index (κ1) is 15.0. The molecule has 2 aromatic rings. The zero-order valence-electron chi connectivity index (χ0n) is 11.7. The van der Waals surface area contributed by atoms with Crippen LogP contribution < -0.4 is 0 Å². The Morgan fingerprint density at radius 1 is 1.23 bits per heavy atom. The summed E-state index contributed by atoms with van der Waals surface area (Å²) in [6.07, 6.45) is 0.515. The van der Waals surface area contributed by atoms with E-state index in [1.54, 1.807) is 23.1 Å². The van der Waals surface area contributed by atoms with E-state index < -0.39 is 0 Å². The van der Waals surface area contributed by atoms with E-state index in [1.165, 1.54) is 0 Å². The van der Waals surface area contributed by atoms with Gasteiger partial charge in [-0.15, -0.1) is 0 Å². The van der Waals surface area contributed by atoms with Crippen LogP contribution in [0.25, 0.3) is 0 Å². The molecule has 0 saturated heterocycles. The smallest absolute Gasteiger partial charge is 0.274 e. The number of fused-ring (bicyclic) bond motifs is 1. The molecule has 0 aliphatic carbocycles. The van der Waals surface area contributed by atoms with Gasteiger partial charge in [0.2, 0.25) is 0 Å². The minimum atomic E-state index is -0.338. The maximum Gasteiger partial charge on any atom is 0.274 e. The molecule has 1 aliphatic rings. The molecule has 1 heterocycles. The third-order valence-corrected chi connectivity index (χ3v) is 4.40. The maximum absolute atomic E-state index is 12.5. The molecule has 0 unspecified atom stereocenters. The van der Waals surface area contributed by atoms with Gasteiger partial charge in [-0.3, -0.25) is 14.9 Å². The zero-order chi connectivity index (χ0) is 15.7. The molecule has 0 radical (unpaired) electrons. The Morgan fingerprint density at radius 3 is 2.64 bits per heavy atom. The van der Waals surface area contributed by atoms with Crippen LogP contribution in [0.1, 0.15) is 21.5 Å². The van der Waals surface area contributed by atoms with Gasteiger partial charge in [0.15, 0.2) is 0 Å². The first-order valence-corrected chi connectivity index (χ1v) is 7.94. The molecular formula is C16H13IN2O3. The molecule has 6 heteroatoms. The van der Waals surface area contributed by atoms with Gasteiger partial charge in [-0.05, 0) is 52.8 Å². The van der Waals surface area contributed by atoms with E-state index in [0.717, 1.165) is 14.7 Å². The van der Waals surface area contributed by atoms with Crippen molar-refractivity contribution >= 4 is 34.2 Å². The second-order valence-electron chi connectivity index (χ2n) is 5.16. The molecule has 0 spiro atoms. The molecule has 0 bridgehead atoms. The number of carbonyl (C=O) groups excluding carboxylic acids is 1. The van der Waals surface area contributed by atoms with Gasteiger partial charge in [0.25, 0.3) is 11.6 Å². The summed E-state index contributed by atoms with van der Waals surface area (Å²) in [7, 11) is 0. The standard InChI is InChI=1S/C16H13IN2O3/c17-13-8-12-10-18(16(20)11-4-2-1-3-5-11)7-6-14(12)15(9-13)19(21)22/h1-5,8-9H,6-7,10H2. The fourth-order valence-corrected chi connectivity index (χ4v) is 3.41. The average Bonchev–Trinajstić information content (AvgIpc) is 2.53. The summed E-state index contributed by atoms with van der Waals surface area (Å²) in [6.45, 7) is 0.920. The zero-order valence-corrected chi connectivity index (χ0v) is 13.8. The third-order valence-electron chi connectivity index (χ3n) is 3.78. The Labute approximate surface area is 141 Å². The second kappa shape index (κ2) is 6.04. The van der Waals surface area contributed by atoms with Crippen molar-refractivity contribution in [3.63, 3.8) is 0 Å². The molecule has 0 fully saturated rings. The number of hydrogen-bond acceptors (Lipinski definition) is 3. The number of rotatable bonds is 2. The summed E-state index contributed by atoms with van der Waals surface area (Å²) >= 11 is 2.07. The van der Waals surface area contributed by atoms with Gasteiger partial charge in [0, 0.05) is 33.9 Å². The molecule has 1 aliphatic heterocycles. The van der Waals surface area contributed by atoms with Gasteiger partial charge in [-0.25, -0.2) is 0 Å². The van der Waals surface area contributed by atoms with Gasteiger partial charge in [-0.1, -0.05) is 18.2 Å². The summed E-state index contributed by atoms with van der Waals surface area (Å²) in [5.41, 5.74) is 2.43. The number of nitro groups is 1. The van der Waals surface area contributed by atoms with E-state index in [4.69, 9.17) is 0 Å². The number of hydrogen-bond donors (Lipinski definition) is 0. The quantitative estimate of drug-likeness (QED) is 0.435. The van der Waals surface area contributed by atoms with Crippen LogP contribution >= 0.6 is 22.6 Å². The van der Waals surface area contributed by atoms with Crippen molar-refractivity contribution < 1.29 is 9.72 Å². The fourth-order valence-electron chi connectivity index (χ4n) is 2.74. The summed E-state index contributed by atoms with van der Waals surface area (Å²) < 4.78 is 0.817.